The average molecular weight is 389 g/mol. The Labute approximate surface area is 166 Å². The first-order chi connectivity index (χ1) is 13.8. The number of thiazole rings is 1. The molecule has 1 heterocycles. The van der Waals surface area contributed by atoms with Crippen molar-refractivity contribution in [3.63, 3.8) is 0 Å². The lowest BCUT2D eigenvalue weighted by atomic mass is 10.2. The summed E-state index contributed by atoms with van der Waals surface area (Å²) in [5.74, 6) is 0.251. The van der Waals surface area contributed by atoms with E-state index in [4.69, 9.17) is 4.74 Å². The van der Waals surface area contributed by atoms with Crippen molar-refractivity contribution >= 4 is 22.7 Å². The molecule has 0 aliphatic heterocycles. The predicted octanol–water partition coefficient (Wildman–Crippen LogP) is 6.19. The van der Waals surface area contributed by atoms with Crippen LogP contribution in [0, 0.1) is 5.82 Å². The smallest absolute Gasteiger partial charge is 0.203 e. The molecule has 0 bridgehead atoms. The topological polar surface area (TPSA) is 46.5 Å². The van der Waals surface area contributed by atoms with Crippen LogP contribution in [0.4, 0.5) is 9.52 Å². The third kappa shape index (κ3) is 4.24. The van der Waals surface area contributed by atoms with Crippen LogP contribution in [-0.2, 0) is 0 Å². The number of rotatable bonds is 6. The van der Waals surface area contributed by atoms with Crippen LogP contribution in [0.25, 0.3) is 11.3 Å². The molecular formula is C22H16FN3OS. The van der Waals surface area contributed by atoms with Crippen molar-refractivity contribution < 1.29 is 9.13 Å². The summed E-state index contributed by atoms with van der Waals surface area (Å²) in [7, 11) is 0. The van der Waals surface area contributed by atoms with Crippen molar-refractivity contribution in [2.24, 2.45) is 5.10 Å². The third-order valence-corrected chi connectivity index (χ3v) is 4.65. The molecule has 4 nitrogen and oxygen atoms in total. The van der Waals surface area contributed by atoms with Gasteiger partial charge in [0.25, 0.3) is 0 Å². The zero-order valence-electron chi connectivity index (χ0n) is 14.7. The van der Waals surface area contributed by atoms with Gasteiger partial charge in [0, 0.05) is 16.5 Å². The lowest BCUT2D eigenvalue weighted by molar-refractivity contribution is 0.442. The zero-order chi connectivity index (χ0) is 19.2. The Bertz CT molecular complexity index is 1080. The zero-order valence-corrected chi connectivity index (χ0v) is 15.6. The normalized spacial score (nSPS) is 10.9. The second kappa shape index (κ2) is 8.45. The van der Waals surface area contributed by atoms with E-state index in [1.807, 2.05) is 53.9 Å². The maximum atomic E-state index is 14.7. The van der Waals surface area contributed by atoms with Crippen LogP contribution in [0.3, 0.4) is 0 Å². The number of halogens is 1. The molecule has 0 unspecified atom stereocenters. The number of hydrogen-bond acceptors (Lipinski definition) is 5. The maximum Gasteiger partial charge on any atom is 0.203 e. The Morgan fingerprint density at radius 1 is 0.929 bits per heavy atom. The van der Waals surface area contributed by atoms with Crippen molar-refractivity contribution in [2.45, 2.75) is 0 Å². The van der Waals surface area contributed by atoms with Gasteiger partial charge in [0.2, 0.25) is 5.13 Å². The first kappa shape index (κ1) is 17.9. The number of benzene rings is 3. The second-order valence-corrected chi connectivity index (χ2v) is 6.71. The molecule has 0 atom stereocenters. The Kier molecular flexibility index (Phi) is 5.40. The Morgan fingerprint density at radius 2 is 1.68 bits per heavy atom. The highest BCUT2D eigenvalue weighted by molar-refractivity contribution is 7.14. The van der Waals surface area contributed by atoms with Crippen molar-refractivity contribution in [3.05, 3.63) is 95.6 Å². The number of para-hydroxylation sites is 1. The van der Waals surface area contributed by atoms with Gasteiger partial charge in [-0.1, -0.05) is 60.7 Å². The van der Waals surface area contributed by atoms with Crippen LogP contribution < -0.4 is 10.2 Å². The van der Waals surface area contributed by atoms with Gasteiger partial charge >= 0.3 is 0 Å². The largest absolute Gasteiger partial charge is 0.454 e. The van der Waals surface area contributed by atoms with Gasteiger partial charge < -0.3 is 4.74 Å². The molecule has 28 heavy (non-hydrogen) atoms. The van der Waals surface area contributed by atoms with Gasteiger partial charge in [0.05, 0.1) is 11.9 Å². The van der Waals surface area contributed by atoms with E-state index in [0.717, 1.165) is 11.3 Å². The standard InChI is InChI=1S/C22H16FN3OS/c23-21-17(10-7-13-20(21)27-18-11-5-2-6-12-18)14-24-26-22-25-19(15-28-22)16-8-3-1-4-9-16/h1-15H,(H,25,26). The first-order valence-corrected chi connectivity index (χ1v) is 9.49. The number of hydrazone groups is 1. The van der Waals surface area contributed by atoms with Gasteiger partial charge in [-0.15, -0.1) is 11.3 Å². The SMILES string of the molecule is Fc1c(C=NNc2nc(-c3ccccc3)cs2)cccc1Oc1ccccc1. The van der Waals surface area contributed by atoms with Gasteiger partial charge in [-0.25, -0.2) is 9.37 Å². The second-order valence-electron chi connectivity index (χ2n) is 5.85. The summed E-state index contributed by atoms with van der Waals surface area (Å²) in [6.45, 7) is 0. The number of hydrogen-bond donors (Lipinski definition) is 1. The molecule has 0 amide bonds. The number of anilines is 1. The van der Waals surface area contributed by atoms with Crippen LogP contribution in [0.15, 0.2) is 89.3 Å². The van der Waals surface area contributed by atoms with Crippen molar-refractivity contribution in [1.29, 1.82) is 0 Å². The minimum Gasteiger partial charge on any atom is -0.454 e. The molecule has 138 valence electrons. The van der Waals surface area contributed by atoms with Crippen LogP contribution in [0.2, 0.25) is 0 Å². The Balaban J connectivity index is 1.45. The molecule has 0 aliphatic carbocycles. The number of aromatic nitrogens is 1. The monoisotopic (exact) mass is 389 g/mol. The molecule has 4 rings (SSSR count). The van der Waals surface area contributed by atoms with Crippen LogP contribution in [0.5, 0.6) is 11.5 Å². The van der Waals surface area contributed by atoms with E-state index < -0.39 is 5.82 Å². The van der Waals surface area contributed by atoms with E-state index in [-0.39, 0.29) is 5.75 Å². The lowest BCUT2D eigenvalue weighted by Crippen LogP contribution is -1.96. The molecule has 4 aromatic rings. The molecule has 0 fully saturated rings. The Morgan fingerprint density at radius 3 is 2.46 bits per heavy atom. The highest BCUT2D eigenvalue weighted by Crippen LogP contribution is 2.26. The van der Waals surface area contributed by atoms with E-state index in [1.165, 1.54) is 17.6 Å². The molecule has 0 spiro atoms. The van der Waals surface area contributed by atoms with Gasteiger partial charge in [-0.3, -0.25) is 5.43 Å². The first-order valence-electron chi connectivity index (χ1n) is 8.61. The molecule has 0 aliphatic rings. The number of ether oxygens (including phenoxy) is 1. The van der Waals surface area contributed by atoms with Crippen molar-refractivity contribution in [1.82, 2.24) is 4.98 Å². The van der Waals surface area contributed by atoms with E-state index in [2.05, 4.69) is 15.5 Å². The summed E-state index contributed by atoms with van der Waals surface area (Å²) in [5, 5.41) is 6.68. The van der Waals surface area contributed by atoms with Gasteiger partial charge in [-0.2, -0.15) is 5.10 Å². The lowest BCUT2D eigenvalue weighted by Gasteiger charge is -2.07. The molecule has 0 saturated heterocycles. The quantitative estimate of drug-likeness (QED) is 0.316. The van der Waals surface area contributed by atoms with Crippen LogP contribution in [-0.4, -0.2) is 11.2 Å². The third-order valence-electron chi connectivity index (χ3n) is 3.90. The molecular weight excluding hydrogens is 373 g/mol. The minimum atomic E-state index is -0.471. The summed E-state index contributed by atoms with van der Waals surface area (Å²) in [6, 6.07) is 23.9. The molecule has 0 saturated carbocycles. The highest BCUT2D eigenvalue weighted by atomic mass is 32.1. The maximum absolute atomic E-state index is 14.7. The van der Waals surface area contributed by atoms with Crippen molar-refractivity contribution in [3.8, 4) is 22.8 Å². The fourth-order valence-electron chi connectivity index (χ4n) is 2.55. The molecule has 3 aromatic carbocycles. The summed E-state index contributed by atoms with van der Waals surface area (Å²) < 4.78 is 20.3. The minimum absolute atomic E-state index is 0.149. The van der Waals surface area contributed by atoms with E-state index >= 15 is 0 Å². The molecule has 1 N–H and O–H groups in total. The summed E-state index contributed by atoms with van der Waals surface area (Å²) in [5.41, 5.74) is 5.07. The van der Waals surface area contributed by atoms with Gasteiger partial charge in [0.1, 0.15) is 5.75 Å². The summed E-state index contributed by atoms with van der Waals surface area (Å²) in [6.07, 6.45) is 1.41. The van der Waals surface area contributed by atoms with E-state index in [1.54, 1.807) is 30.3 Å². The fourth-order valence-corrected chi connectivity index (χ4v) is 3.21. The Hall–Kier alpha value is -3.51. The van der Waals surface area contributed by atoms with Gasteiger partial charge in [0.15, 0.2) is 11.6 Å². The van der Waals surface area contributed by atoms with Crippen molar-refractivity contribution in [2.75, 3.05) is 5.43 Å². The predicted molar refractivity (Wildman–Crippen MR) is 112 cm³/mol. The van der Waals surface area contributed by atoms with E-state index in [0.29, 0.717) is 16.4 Å². The number of nitrogens with one attached hydrogen (secondary N) is 1. The van der Waals surface area contributed by atoms with Gasteiger partial charge in [-0.05, 0) is 18.2 Å². The number of nitrogens with zero attached hydrogens (tertiary/aromatic N) is 2. The molecule has 6 heteroatoms. The highest BCUT2D eigenvalue weighted by Gasteiger charge is 2.09. The average Bonchev–Trinajstić information content (AvgIpc) is 3.21. The van der Waals surface area contributed by atoms with Crippen LogP contribution in [0.1, 0.15) is 5.56 Å². The van der Waals surface area contributed by atoms with Crippen LogP contribution >= 0.6 is 11.3 Å². The van der Waals surface area contributed by atoms with E-state index in [9.17, 15) is 4.39 Å². The summed E-state index contributed by atoms with van der Waals surface area (Å²) >= 11 is 1.43. The molecule has 0 radical (unpaired) electrons. The fraction of sp³-hybridized carbons (Fsp3) is 0. The molecule has 1 aromatic heterocycles. The summed E-state index contributed by atoms with van der Waals surface area (Å²) in [4.78, 5) is 4.48.